The van der Waals surface area contributed by atoms with Crippen molar-refractivity contribution in [2.75, 3.05) is 10.6 Å². The van der Waals surface area contributed by atoms with E-state index in [4.69, 9.17) is 4.42 Å². The van der Waals surface area contributed by atoms with Gasteiger partial charge in [-0.25, -0.2) is 4.98 Å². The predicted octanol–water partition coefficient (Wildman–Crippen LogP) is 4.75. The molecular formula is C17H15F3N4O. The van der Waals surface area contributed by atoms with Crippen molar-refractivity contribution < 1.29 is 17.6 Å². The van der Waals surface area contributed by atoms with E-state index in [2.05, 4.69) is 20.6 Å². The van der Waals surface area contributed by atoms with Crippen LogP contribution in [0.2, 0.25) is 0 Å². The van der Waals surface area contributed by atoms with Crippen molar-refractivity contribution in [3.63, 3.8) is 0 Å². The third-order valence-corrected chi connectivity index (χ3v) is 3.34. The summed E-state index contributed by atoms with van der Waals surface area (Å²) in [5, 5.41) is 6.01. The number of hydrogen-bond donors (Lipinski definition) is 2. The van der Waals surface area contributed by atoms with Gasteiger partial charge in [0.15, 0.2) is 0 Å². The molecule has 2 N–H and O–H groups in total. The molecule has 25 heavy (non-hydrogen) atoms. The summed E-state index contributed by atoms with van der Waals surface area (Å²) in [6, 6.07) is 10.1. The maximum absolute atomic E-state index is 12.6. The predicted molar refractivity (Wildman–Crippen MR) is 87.5 cm³/mol. The van der Waals surface area contributed by atoms with E-state index in [-0.39, 0.29) is 0 Å². The summed E-state index contributed by atoms with van der Waals surface area (Å²) in [5.41, 5.74) is 0.521. The van der Waals surface area contributed by atoms with Crippen LogP contribution in [0.1, 0.15) is 17.0 Å². The van der Waals surface area contributed by atoms with Gasteiger partial charge in [-0.3, -0.25) is 0 Å². The summed E-state index contributed by atoms with van der Waals surface area (Å²) in [5.74, 6) is 1.61. The highest BCUT2D eigenvalue weighted by atomic mass is 19.4. The maximum Gasteiger partial charge on any atom is 0.416 e. The van der Waals surface area contributed by atoms with Crippen molar-refractivity contribution in [3.8, 4) is 0 Å². The van der Waals surface area contributed by atoms with E-state index >= 15 is 0 Å². The minimum Gasteiger partial charge on any atom is -0.467 e. The summed E-state index contributed by atoms with van der Waals surface area (Å²) in [4.78, 5) is 8.57. The Morgan fingerprint density at radius 3 is 2.48 bits per heavy atom. The first kappa shape index (κ1) is 16.8. The highest BCUT2D eigenvalue weighted by Gasteiger charge is 2.29. The molecule has 8 heteroatoms. The van der Waals surface area contributed by atoms with Crippen LogP contribution in [0.25, 0.3) is 0 Å². The third kappa shape index (κ3) is 4.50. The summed E-state index contributed by atoms with van der Waals surface area (Å²) >= 11 is 0. The minimum atomic E-state index is -4.35. The molecule has 3 aromatic rings. The molecule has 1 aromatic carbocycles. The summed E-state index contributed by atoms with van der Waals surface area (Å²) in [7, 11) is 0. The normalized spacial score (nSPS) is 11.4. The van der Waals surface area contributed by atoms with Gasteiger partial charge in [-0.15, -0.1) is 0 Å². The van der Waals surface area contributed by atoms with Crippen molar-refractivity contribution in [1.82, 2.24) is 9.97 Å². The van der Waals surface area contributed by atoms with Crippen molar-refractivity contribution in [2.24, 2.45) is 0 Å². The van der Waals surface area contributed by atoms with E-state index in [1.165, 1.54) is 12.1 Å². The van der Waals surface area contributed by atoms with Crippen LogP contribution in [0, 0.1) is 6.92 Å². The highest BCUT2D eigenvalue weighted by molar-refractivity contribution is 5.58. The van der Waals surface area contributed by atoms with Crippen LogP contribution in [0.15, 0.2) is 53.1 Å². The first-order valence-electron chi connectivity index (χ1n) is 7.46. The van der Waals surface area contributed by atoms with E-state index in [1.807, 2.05) is 6.07 Å². The molecule has 5 nitrogen and oxygen atoms in total. The van der Waals surface area contributed by atoms with Crippen LogP contribution < -0.4 is 10.6 Å². The van der Waals surface area contributed by atoms with Crippen LogP contribution in [-0.4, -0.2) is 9.97 Å². The lowest BCUT2D eigenvalue weighted by Gasteiger charge is -2.11. The number of nitrogens with one attached hydrogen (secondary N) is 2. The third-order valence-electron chi connectivity index (χ3n) is 3.34. The topological polar surface area (TPSA) is 63.0 Å². The molecule has 0 aliphatic carbocycles. The number of furan rings is 1. The Bertz CT molecular complexity index is 830. The van der Waals surface area contributed by atoms with E-state index in [0.29, 0.717) is 29.7 Å². The number of alkyl halides is 3. The molecule has 0 atom stereocenters. The summed E-state index contributed by atoms with van der Waals surface area (Å²) in [6.07, 6.45) is -2.78. The van der Waals surface area contributed by atoms with E-state index in [0.717, 1.165) is 17.9 Å². The quantitative estimate of drug-likeness (QED) is 0.696. The molecule has 0 radical (unpaired) electrons. The molecule has 0 saturated carbocycles. The van der Waals surface area contributed by atoms with E-state index in [9.17, 15) is 13.2 Å². The molecule has 2 aromatic heterocycles. The van der Waals surface area contributed by atoms with Crippen LogP contribution in [0.3, 0.4) is 0 Å². The monoisotopic (exact) mass is 348 g/mol. The Balaban J connectivity index is 1.71. The van der Waals surface area contributed by atoms with E-state index in [1.54, 1.807) is 25.3 Å². The van der Waals surface area contributed by atoms with Gasteiger partial charge in [0.05, 0.1) is 18.4 Å². The second-order valence-electron chi connectivity index (χ2n) is 5.35. The van der Waals surface area contributed by atoms with E-state index < -0.39 is 11.7 Å². The molecule has 0 spiro atoms. The lowest BCUT2D eigenvalue weighted by atomic mass is 10.2. The number of nitrogens with zero attached hydrogens (tertiary/aromatic N) is 2. The fourth-order valence-corrected chi connectivity index (χ4v) is 2.18. The average molecular weight is 348 g/mol. The zero-order valence-electron chi connectivity index (χ0n) is 13.3. The summed E-state index contributed by atoms with van der Waals surface area (Å²) < 4.78 is 43.0. The number of aromatic nitrogens is 2. The Hall–Kier alpha value is -3.03. The minimum absolute atomic E-state index is 0.394. The molecule has 0 aliphatic rings. The molecule has 0 fully saturated rings. The van der Waals surface area contributed by atoms with Crippen molar-refractivity contribution in [1.29, 1.82) is 0 Å². The van der Waals surface area contributed by atoms with Gasteiger partial charge in [-0.1, -0.05) is 0 Å². The number of benzene rings is 1. The second kappa shape index (κ2) is 6.84. The van der Waals surface area contributed by atoms with Crippen LogP contribution in [-0.2, 0) is 12.7 Å². The second-order valence-corrected chi connectivity index (χ2v) is 5.35. The zero-order chi connectivity index (χ0) is 17.9. The molecule has 0 bridgehead atoms. The molecule has 0 aliphatic heterocycles. The Morgan fingerprint density at radius 2 is 1.84 bits per heavy atom. The maximum atomic E-state index is 12.6. The highest BCUT2D eigenvalue weighted by Crippen LogP contribution is 2.30. The standard InChI is InChI=1S/C17H15F3N4O/c1-11-9-15(23-13-6-4-12(5-7-13)17(18,19)20)24-16(22-11)21-10-14-3-2-8-25-14/h2-9H,10H2,1H3,(H2,21,22,23,24). The molecule has 2 heterocycles. The molecule has 0 amide bonds. The number of aryl methyl sites for hydroxylation is 1. The van der Waals surface area contributed by atoms with Crippen LogP contribution >= 0.6 is 0 Å². The van der Waals surface area contributed by atoms with Gasteiger partial charge in [-0.05, 0) is 43.3 Å². The first-order chi connectivity index (χ1) is 11.9. The number of rotatable bonds is 5. The lowest BCUT2D eigenvalue weighted by Crippen LogP contribution is -2.06. The summed E-state index contributed by atoms with van der Waals surface area (Å²) in [6.45, 7) is 2.23. The zero-order valence-corrected chi connectivity index (χ0v) is 13.3. The molecule has 0 saturated heterocycles. The van der Waals surface area contributed by atoms with Crippen LogP contribution in [0.4, 0.5) is 30.6 Å². The Kier molecular flexibility index (Phi) is 4.60. The van der Waals surface area contributed by atoms with Gasteiger partial charge in [0, 0.05) is 17.4 Å². The number of anilines is 3. The fraction of sp³-hybridized carbons (Fsp3) is 0.176. The number of hydrogen-bond acceptors (Lipinski definition) is 5. The average Bonchev–Trinajstić information content (AvgIpc) is 3.05. The van der Waals surface area contributed by atoms with Gasteiger partial charge >= 0.3 is 6.18 Å². The molecule has 3 rings (SSSR count). The fourth-order valence-electron chi connectivity index (χ4n) is 2.18. The van der Waals surface area contributed by atoms with Crippen molar-refractivity contribution in [3.05, 3.63) is 65.7 Å². The molecule has 130 valence electrons. The Labute approximate surface area is 141 Å². The first-order valence-corrected chi connectivity index (χ1v) is 7.46. The smallest absolute Gasteiger partial charge is 0.416 e. The van der Waals surface area contributed by atoms with Gasteiger partial charge < -0.3 is 15.1 Å². The van der Waals surface area contributed by atoms with Crippen molar-refractivity contribution in [2.45, 2.75) is 19.6 Å². The Morgan fingerprint density at radius 1 is 1.08 bits per heavy atom. The SMILES string of the molecule is Cc1cc(Nc2ccc(C(F)(F)F)cc2)nc(NCc2ccco2)n1. The molecular weight excluding hydrogens is 333 g/mol. The largest absolute Gasteiger partial charge is 0.467 e. The van der Waals surface area contributed by atoms with Crippen LogP contribution in [0.5, 0.6) is 0 Å². The van der Waals surface area contributed by atoms with Crippen molar-refractivity contribution >= 4 is 17.5 Å². The lowest BCUT2D eigenvalue weighted by molar-refractivity contribution is -0.137. The van der Waals surface area contributed by atoms with Gasteiger partial charge in [-0.2, -0.15) is 18.2 Å². The van der Waals surface area contributed by atoms with Gasteiger partial charge in [0.2, 0.25) is 5.95 Å². The van der Waals surface area contributed by atoms with Gasteiger partial charge in [0.25, 0.3) is 0 Å². The molecule has 0 unspecified atom stereocenters. The van der Waals surface area contributed by atoms with Gasteiger partial charge in [0.1, 0.15) is 11.6 Å². The number of halogens is 3.